The highest BCUT2D eigenvalue weighted by atomic mass is 35.5. The molecule has 0 bridgehead atoms. The molecule has 0 aromatic carbocycles. The van der Waals surface area contributed by atoms with E-state index < -0.39 is 6.10 Å². The number of aromatic nitrogens is 1. The Morgan fingerprint density at radius 2 is 2.12 bits per heavy atom. The van der Waals surface area contributed by atoms with E-state index in [4.69, 9.17) is 11.6 Å². The smallest absolute Gasteiger partial charge is 0.129 e. The normalized spacial score (nSPS) is 20.9. The summed E-state index contributed by atoms with van der Waals surface area (Å²) in [4.78, 5) is 6.46. The van der Waals surface area contributed by atoms with Crippen molar-refractivity contribution in [1.29, 1.82) is 0 Å². The van der Waals surface area contributed by atoms with Gasteiger partial charge in [-0.25, -0.2) is 4.98 Å². The van der Waals surface area contributed by atoms with Gasteiger partial charge in [0.05, 0.1) is 11.8 Å². The second kappa shape index (κ2) is 5.13. The molecular formula is C12H17ClN2O. The molecule has 1 aliphatic rings. The van der Waals surface area contributed by atoms with Crippen LogP contribution in [0.4, 0.5) is 0 Å². The van der Waals surface area contributed by atoms with Crippen molar-refractivity contribution in [3.8, 4) is 0 Å². The molecular weight excluding hydrogens is 224 g/mol. The van der Waals surface area contributed by atoms with Gasteiger partial charge in [0, 0.05) is 0 Å². The molecule has 0 unspecified atom stereocenters. The van der Waals surface area contributed by atoms with Gasteiger partial charge >= 0.3 is 0 Å². The van der Waals surface area contributed by atoms with Gasteiger partial charge in [0.15, 0.2) is 0 Å². The van der Waals surface area contributed by atoms with Crippen LogP contribution < -0.4 is 0 Å². The molecule has 0 aliphatic carbocycles. The lowest BCUT2D eigenvalue weighted by Gasteiger charge is -2.31. The summed E-state index contributed by atoms with van der Waals surface area (Å²) in [5, 5.41) is 10.7. The van der Waals surface area contributed by atoms with Crippen LogP contribution in [0.25, 0.3) is 0 Å². The van der Waals surface area contributed by atoms with E-state index in [0.29, 0.717) is 16.8 Å². The van der Waals surface area contributed by atoms with Gasteiger partial charge in [-0.15, -0.1) is 0 Å². The van der Waals surface area contributed by atoms with E-state index in [0.717, 1.165) is 25.9 Å². The molecule has 0 radical (unpaired) electrons. The molecule has 2 rings (SSSR count). The fourth-order valence-electron chi connectivity index (χ4n) is 2.17. The first kappa shape index (κ1) is 11.8. The molecule has 0 saturated carbocycles. The fraction of sp³-hybridized carbons (Fsp3) is 0.583. The average molecular weight is 241 g/mol. The van der Waals surface area contributed by atoms with Crippen molar-refractivity contribution in [2.45, 2.75) is 18.9 Å². The zero-order valence-electron chi connectivity index (χ0n) is 9.43. The lowest BCUT2D eigenvalue weighted by Crippen LogP contribution is -2.32. The van der Waals surface area contributed by atoms with Crippen LogP contribution in [0.2, 0.25) is 5.15 Å². The number of aliphatic hydroxyl groups excluding tert-OH is 1. The minimum absolute atomic E-state index is 0.308. The average Bonchev–Trinajstić information content (AvgIpc) is 2.29. The molecule has 2 heterocycles. The molecule has 0 spiro atoms. The topological polar surface area (TPSA) is 36.4 Å². The van der Waals surface area contributed by atoms with Crippen LogP contribution in [0, 0.1) is 5.92 Å². The Kier molecular flexibility index (Phi) is 3.79. The Hall–Kier alpha value is -0.640. The molecule has 88 valence electrons. The molecule has 1 aliphatic heterocycles. The number of halogens is 1. The molecule has 1 saturated heterocycles. The largest absolute Gasteiger partial charge is 0.387 e. The third kappa shape index (κ3) is 2.73. The molecule has 16 heavy (non-hydrogen) atoms. The lowest BCUT2D eigenvalue weighted by molar-refractivity contribution is 0.0627. The van der Waals surface area contributed by atoms with Crippen molar-refractivity contribution < 1.29 is 5.11 Å². The van der Waals surface area contributed by atoms with Gasteiger partial charge < -0.3 is 10.0 Å². The molecule has 1 fully saturated rings. The number of pyridine rings is 1. The summed E-state index contributed by atoms with van der Waals surface area (Å²) in [6.45, 7) is 2.09. The van der Waals surface area contributed by atoms with Crippen LogP contribution in [0.5, 0.6) is 0 Å². The summed E-state index contributed by atoms with van der Waals surface area (Å²) < 4.78 is 0. The first-order valence-corrected chi connectivity index (χ1v) is 6.03. The van der Waals surface area contributed by atoms with E-state index in [1.165, 1.54) is 0 Å². The van der Waals surface area contributed by atoms with Crippen molar-refractivity contribution in [2.75, 3.05) is 20.1 Å². The summed E-state index contributed by atoms with van der Waals surface area (Å²) >= 11 is 5.82. The fourth-order valence-corrected chi connectivity index (χ4v) is 2.34. The summed E-state index contributed by atoms with van der Waals surface area (Å²) in [5.74, 6) is 0.308. The number of hydrogen-bond acceptors (Lipinski definition) is 3. The van der Waals surface area contributed by atoms with Gasteiger partial charge in [-0.2, -0.15) is 0 Å². The molecule has 0 amide bonds. The van der Waals surface area contributed by atoms with Gasteiger partial charge in [-0.1, -0.05) is 17.7 Å². The highest BCUT2D eigenvalue weighted by molar-refractivity contribution is 6.29. The van der Waals surface area contributed by atoms with Crippen molar-refractivity contribution in [3.63, 3.8) is 0 Å². The summed E-state index contributed by atoms with van der Waals surface area (Å²) in [6, 6.07) is 5.41. The number of nitrogens with zero attached hydrogens (tertiary/aromatic N) is 2. The van der Waals surface area contributed by atoms with Gasteiger partial charge in [0.1, 0.15) is 5.15 Å². The Bertz CT molecular complexity index is 351. The van der Waals surface area contributed by atoms with Crippen molar-refractivity contribution in [1.82, 2.24) is 9.88 Å². The van der Waals surface area contributed by atoms with E-state index in [1.807, 2.05) is 12.1 Å². The van der Waals surface area contributed by atoms with E-state index in [-0.39, 0.29) is 0 Å². The molecule has 1 atom stereocenters. The number of hydrogen-bond donors (Lipinski definition) is 1. The zero-order chi connectivity index (χ0) is 11.5. The monoisotopic (exact) mass is 240 g/mol. The van der Waals surface area contributed by atoms with Gasteiger partial charge in [0.2, 0.25) is 0 Å². The third-order valence-corrected chi connectivity index (χ3v) is 3.46. The van der Waals surface area contributed by atoms with Crippen LogP contribution in [0.3, 0.4) is 0 Å². The van der Waals surface area contributed by atoms with Crippen molar-refractivity contribution in [3.05, 3.63) is 29.0 Å². The molecule has 3 nitrogen and oxygen atoms in total. The standard InChI is InChI=1S/C12H17ClN2O/c1-15-7-5-9(6-8-15)12(16)10-3-2-4-11(13)14-10/h2-4,9,12,16H,5-8H2,1H3/t12-/m0/s1. The number of likely N-dealkylation sites (tertiary alicyclic amines) is 1. The second-order valence-corrected chi connectivity index (χ2v) is 4.86. The molecule has 1 N–H and O–H groups in total. The van der Waals surface area contributed by atoms with Crippen molar-refractivity contribution >= 4 is 11.6 Å². The summed E-state index contributed by atoms with van der Waals surface area (Å²) in [6.07, 6.45) is 1.56. The zero-order valence-corrected chi connectivity index (χ0v) is 10.2. The molecule has 1 aromatic heterocycles. The number of piperidine rings is 1. The summed E-state index contributed by atoms with van der Waals surface area (Å²) in [7, 11) is 2.11. The first-order valence-electron chi connectivity index (χ1n) is 5.66. The lowest BCUT2D eigenvalue weighted by atomic mass is 9.89. The van der Waals surface area contributed by atoms with Crippen LogP contribution in [-0.4, -0.2) is 35.1 Å². The third-order valence-electron chi connectivity index (χ3n) is 3.25. The molecule has 4 heteroatoms. The Morgan fingerprint density at radius 1 is 1.44 bits per heavy atom. The number of rotatable bonds is 2. The van der Waals surface area contributed by atoms with E-state index in [2.05, 4.69) is 16.9 Å². The van der Waals surface area contributed by atoms with Gasteiger partial charge in [-0.3, -0.25) is 0 Å². The predicted molar refractivity (Wildman–Crippen MR) is 64.4 cm³/mol. The predicted octanol–water partition coefficient (Wildman–Crippen LogP) is 2.11. The van der Waals surface area contributed by atoms with E-state index in [1.54, 1.807) is 6.07 Å². The Morgan fingerprint density at radius 3 is 2.75 bits per heavy atom. The van der Waals surface area contributed by atoms with Crippen molar-refractivity contribution in [2.24, 2.45) is 5.92 Å². The molecule has 1 aromatic rings. The maximum atomic E-state index is 10.2. The highest BCUT2D eigenvalue weighted by Crippen LogP contribution is 2.29. The van der Waals surface area contributed by atoms with Gasteiger partial charge in [0.25, 0.3) is 0 Å². The van der Waals surface area contributed by atoms with Crippen LogP contribution in [0.15, 0.2) is 18.2 Å². The SMILES string of the molecule is CN1CCC([C@H](O)c2cccc(Cl)n2)CC1. The quantitative estimate of drug-likeness (QED) is 0.805. The van der Waals surface area contributed by atoms with Crippen LogP contribution in [0.1, 0.15) is 24.6 Å². The number of aliphatic hydroxyl groups is 1. The Balaban J connectivity index is 2.04. The minimum Gasteiger partial charge on any atom is -0.387 e. The van der Waals surface area contributed by atoms with E-state index in [9.17, 15) is 5.11 Å². The maximum absolute atomic E-state index is 10.2. The maximum Gasteiger partial charge on any atom is 0.129 e. The van der Waals surface area contributed by atoms with Crippen LogP contribution in [-0.2, 0) is 0 Å². The minimum atomic E-state index is -0.479. The highest BCUT2D eigenvalue weighted by Gasteiger charge is 2.25. The van der Waals surface area contributed by atoms with Gasteiger partial charge in [-0.05, 0) is 51.0 Å². The Labute approximate surface area is 101 Å². The first-order chi connectivity index (χ1) is 7.66. The van der Waals surface area contributed by atoms with Crippen LogP contribution >= 0.6 is 11.6 Å². The van der Waals surface area contributed by atoms with E-state index >= 15 is 0 Å². The summed E-state index contributed by atoms with van der Waals surface area (Å²) in [5.41, 5.74) is 0.696. The second-order valence-electron chi connectivity index (χ2n) is 4.47.